The number of fused-ring (bicyclic) bond motifs is 3. The van der Waals surface area contributed by atoms with Crippen LogP contribution in [0.4, 0.5) is 0 Å². The van der Waals surface area contributed by atoms with Gasteiger partial charge in [0.05, 0.1) is 10.6 Å². The Morgan fingerprint density at radius 2 is 2.04 bits per heavy atom. The van der Waals surface area contributed by atoms with Crippen molar-refractivity contribution in [3.8, 4) is 0 Å². The maximum Gasteiger partial charge on any atom is 0.263 e. The van der Waals surface area contributed by atoms with Gasteiger partial charge in [0.25, 0.3) is 5.56 Å². The molecule has 0 spiro atoms. The zero-order chi connectivity index (χ0) is 19.6. The number of aromatic nitrogens is 2. The van der Waals surface area contributed by atoms with Crippen LogP contribution in [-0.2, 0) is 24.2 Å². The molecule has 5 nitrogen and oxygen atoms in total. The van der Waals surface area contributed by atoms with E-state index in [9.17, 15) is 9.59 Å². The van der Waals surface area contributed by atoms with Gasteiger partial charge in [0.15, 0.2) is 5.16 Å². The highest BCUT2D eigenvalue weighted by atomic mass is 32.2. The van der Waals surface area contributed by atoms with E-state index in [1.165, 1.54) is 28.6 Å². The van der Waals surface area contributed by atoms with Crippen LogP contribution in [-0.4, -0.2) is 27.3 Å². The summed E-state index contributed by atoms with van der Waals surface area (Å²) in [6, 6.07) is 0. The van der Waals surface area contributed by atoms with Gasteiger partial charge >= 0.3 is 0 Å². The number of thioether (sulfide) groups is 1. The van der Waals surface area contributed by atoms with E-state index in [4.69, 9.17) is 4.98 Å². The predicted molar refractivity (Wildman–Crippen MR) is 114 cm³/mol. The number of hydrogen-bond donors (Lipinski definition) is 1. The van der Waals surface area contributed by atoms with Crippen LogP contribution in [0.15, 0.2) is 9.95 Å². The molecule has 27 heavy (non-hydrogen) atoms. The van der Waals surface area contributed by atoms with Crippen LogP contribution in [0.3, 0.4) is 0 Å². The SMILES string of the molecule is CCNC(=O)C(C)Sc1nc2sc3c(c2c(=O)n1CCC(C)C)CCCC3. The van der Waals surface area contributed by atoms with Gasteiger partial charge in [0.1, 0.15) is 4.83 Å². The van der Waals surface area contributed by atoms with Crippen molar-refractivity contribution in [1.29, 1.82) is 0 Å². The van der Waals surface area contributed by atoms with Crippen molar-refractivity contribution in [2.45, 2.75) is 76.8 Å². The summed E-state index contributed by atoms with van der Waals surface area (Å²) in [6.45, 7) is 9.36. The first-order valence-corrected chi connectivity index (χ1v) is 11.6. The quantitative estimate of drug-likeness (QED) is 0.557. The molecule has 7 heteroatoms. The van der Waals surface area contributed by atoms with Crippen molar-refractivity contribution in [3.05, 3.63) is 20.8 Å². The molecule has 1 N–H and O–H groups in total. The summed E-state index contributed by atoms with van der Waals surface area (Å²) in [5.74, 6) is 0.486. The zero-order valence-corrected chi connectivity index (χ0v) is 18.3. The lowest BCUT2D eigenvalue weighted by molar-refractivity contribution is -0.120. The summed E-state index contributed by atoms with van der Waals surface area (Å²) >= 11 is 3.06. The highest BCUT2D eigenvalue weighted by Crippen LogP contribution is 2.35. The van der Waals surface area contributed by atoms with Crippen LogP contribution in [0.5, 0.6) is 0 Å². The Balaban J connectivity index is 2.05. The minimum absolute atomic E-state index is 0.0160. The number of nitrogens with zero attached hydrogens (tertiary/aromatic N) is 2. The Morgan fingerprint density at radius 1 is 1.30 bits per heavy atom. The Kier molecular flexibility index (Phi) is 6.63. The number of hydrogen-bond acceptors (Lipinski definition) is 5. The van der Waals surface area contributed by atoms with E-state index in [0.717, 1.165) is 35.9 Å². The molecule has 1 amide bonds. The molecule has 0 aromatic carbocycles. The Morgan fingerprint density at radius 3 is 2.74 bits per heavy atom. The predicted octanol–water partition coefficient (Wildman–Crippen LogP) is 4.00. The highest BCUT2D eigenvalue weighted by molar-refractivity contribution is 8.00. The molecule has 0 bridgehead atoms. The van der Waals surface area contributed by atoms with Crippen molar-refractivity contribution < 1.29 is 4.79 Å². The largest absolute Gasteiger partial charge is 0.355 e. The van der Waals surface area contributed by atoms with Gasteiger partial charge in [-0.1, -0.05) is 25.6 Å². The third kappa shape index (κ3) is 4.40. The molecule has 0 saturated carbocycles. The maximum absolute atomic E-state index is 13.4. The standard InChI is InChI=1S/C20H29N3O2S2/c1-5-21-17(24)13(4)26-20-22-18-16(14-8-6-7-9-15(14)27-18)19(25)23(20)11-10-12(2)3/h12-13H,5-11H2,1-4H3,(H,21,24). The van der Waals surface area contributed by atoms with E-state index in [1.807, 2.05) is 18.4 Å². The molecule has 0 saturated heterocycles. The minimum atomic E-state index is -0.283. The minimum Gasteiger partial charge on any atom is -0.355 e. The molecule has 0 aliphatic heterocycles. The molecule has 2 heterocycles. The second-order valence-corrected chi connectivity index (χ2v) is 9.97. The summed E-state index contributed by atoms with van der Waals surface area (Å²) < 4.78 is 1.81. The summed E-state index contributed by atoms with van der Waals surface area (Å²) in [6.07, 6.45) is 5.30. The summed E-state index contributed by atoms with van der Waals surface area (Å²) in [7, 11) is 0. The van der Waals surface area contributed by atoms with E-state index in [-0.39, 0.29) is 16.7 Å². The molecule has 1 aliphatic carbocycles. The van der Waals surface area contributed by atoms with Crippen LogP contribution in [0.25, 0.3) is 10.2 Å². The maximum atomic E-state index is 13.4. The second-order valence-electron chi connectivity index (χ2n) is 7.58. The summed E-state index contributed by atoms with van der Waals surface area (Å²) in [5, 5.41) is 4.07. The van der Waals surface area contributed by atoms with Gasteiger partial charge in [-0.25, -0.2) is 4.98 Å². The van der Waals surface area contributed by atoms with Crippen LogP contribution >= 0.6 is 23.1 Å². The van der Waals surface area contributed by atoms with E-state index in [0.29, 0.717) is 24.2 Å². The van der Waals surface area contributed by atoms with Gasteiger partial charge < -0.3 is 5.32 Å². The topological polar surface area (TPSA) is 64.0 Å². The van der Waals surface area contributed by atoms with Gasteiger partial charge in [0.2, 0.25) is 5.91 Å². The zero-order valence-electron chi connectivity index (χ0n) is 16.6. The van der Waals surface area contributed by atoms with E-state index < -0.39 is 0 Å². The van der Waals surface area contributed by atoms with Crippen LogP contribution < -0.4 is 10.9 Å². The van der Waals surface area contributed by atoms with Crippen molar-refractivity contribution in [3.63, 3.8) is 0 Å². The number of carbonyl (C=O) groups excluding carboxylic acids is 1. The first-order valence-electron chi connectivity index (χ1n) is 9.91. The second kappa shape index (κ2) is 8.78. The van der Waals surface area contributed by atoms with Gasteiger partial charge in [-0.15, -0.1) is 11.3 Å². The third-order valence-corrected chi connectivity index (χ3v) is 7.25. The van der Waals surface area contributed by atoms with E-state index >= 15 is 0 Å². The number of rotatable bonds is 7. The highest BCUT2D eigenvalue weighted by Gasteiger charge is 2.24. The average molecular weight is 408 g/mol. The molecule has 0 radical (unpaired) electrons. The monoisotopic (exact) mass is 407 g/mol. The summed E-state index contributed by atoms with van der Waals surface area (Å²) in [5.41, 5.74) is 1.30. The lowest BCUT2D eigenvalue weighted by atomic mass is 9.97. The van der Waals surface area contributed by atoms with Gasteiger partial charge in [-0.2, -0.15) is 0 Å². The molecule has 3 rings (SSSR count). The van der Waals surface area contributed by atoms with Gasteiger partial charge in [-0.05, 0) is 57.4 Å². The number of nitrogens with one attached hydrogen (secondary N) is 1. The molecule has 148 valence electrons. The molecule has 2 aromatic rings. The lowest BCUT2D eigenvalue weighted by Gasteiger charge is -2.16. The molecule has 2 aromatic heterocycles. The van der Waals surface area contributed by atoms with Gasteiger partial charge in [0, 0.05) is 18.0 Å². The number of carbonyl (C=O) groups is 1. The summed E-state index contributed by atoms with van der Waals surface area (Å²) in [4.78, 5) is 32.6. The van der Waals surface area contributed by atoms with Crippen molar-refractivity contribution in [2.24, 2.45) is 5.92 Å². The van der Waals surface area contributed by atoms with E-state index in [2.05, 4.69) is 19.2 Å². The van der Waals surface area contributed by atoms with Gasteiger partial charge in [-0.3, -0.25) is 14.2 Å². The van der Waals surface area contributed by atoms with Crippen molar-refractivity contribution in [1.82, 2.24) is 14.9 Å². The van der Waals surface area contributed by atoms with E-state index in [1.54, 1.807) is 11.3 Å². The van der Waals surface area contributed by atoms with Crippen LogP contribution in [0.2, 0.25) is 0 Å². The molecule has 1 unspecified atom stereocenters. The molecule has 1 atom stereocenters. The first kappa shape index (κ1) is 20.4. The fraction of sp³-hybridized carbons (Fsp3) is 0.650. The average Bonchev–Trinajstić information content (AvgIpc) is 2.99. The molecule has 0 fully saturated rings. The number of aryl methyl sites for hydroxylation is 2. The third-order valence-electron chi connectivity index (χ3n) is 4.97. The normalized spacial score (nSPS) is 15.1. The fourth-order valence-electron chi connectivity index (χ4n) is 3.42. The van der Waals surface area contributed by atoms with Crippen molar-refractivity contribution in [2.75, 3.05) is 6.54 Å². The number of amides is 1. The Labute approximate surface area is 169 Å². The number of thiophene rings is 1. The molecule has 1 aliphatic rings. The molecular formula is C20H29N3O2S2. The Bertz CT molecular complexity index is 885. The fourth-order valence-corrected chi connectivity index (χ4v) is 5.69. The van der Waals surface area contributed by atoms with Crippen LogP contribution in [0, 0.1) is 5.92 Å². The smallest absolute Gasteiger partial charge is 0.263 e. The van der Waals surface area contributed by atoms with Crippen LogP contribution in [0.1, 0.15) is 57.4 Å². The first-order chi connectivity index (χ1) is 12.9. The van der Waals surface area contributed by atoms with Crippen molar-refractivity contribution >= 4 is 39.2 Å². The Hall–Kier alpha value is -1.34. The molecular weight excluding hydrogens is 378 g/mol. The lowest BCUT2D eigenvalue weighted by Crippen LogP contribution is -2.32.